The molecule has 0 radical (unpaired) electrons. The topological polar surface area (TPSA) is 29.5 Å². The fourth-order valence-corrected chi connectivity index (χ4v) is 1.07. The first-order chi connectivity index (χ1) is 4.59. The Morgan fingerprint density at radius 2 is 2.20 bits per heavy atom. The van der Waals surface area contributed by atoms with Gasteiger partial charge in [0.25, 0.3) is 5.44 Å². The maximum Gasteiger partial charge on any atom is 0.566 e. The second-order valence-electron chi connectivity index (χ2n) is 1.99. The van der Waals surface area contributed by atoms with Gasteiger partial charge >= 0.3 is 8.03 Å². The fraction of sp³-hybridized carbons (Fsp3) is 0.667. The van der Waals surface area contributed by atoms with Gasteiger partial charge < -0.3 is 4.90 Å². The molecule has 0 bridgehead atoms. The number of rotatable bonds is 4. The van der Waals surface area contributed by atoms with Crippen LogP contribution in [0.4, 0.5) is 0 Å². The van der Waals surface area contributed by atoms with Crippen LogP contribution in [-0.2, 0) is 9.09 Å². The molecule has 0 N–H and O–H groups in total. The molecule has 0 fully saturated rings. The van der Waals surface area contributed by atoms with Gasteiger partial charge in [0.05, 0.1) is 0 Å². The fourth-order valence-electron chi connectivity index (χ4n) is 0.355. The van der Waals surface area contributed by atoms with Gasteiger partial charge in [0.2, 0.25) is 0 Å². The van der Waals surface area contributed by atoms with Crippen LogP contribution in [-0.4, -0.2) is 25.6 Å². The molecular weight excluding hydrogens is 149 g/mol. The van der Waals surface area contributed by atoms with Crippen LogP contribution in [0.3, 0.4) is 0 Å². The predicted molar refractivity (Wildman–Crippen MR) is 42.1 cm³/mol. The summed E-state index contributed by atoms with van der Waals surface area (Å²) in [6.07, 6.45) is 0. The van der Waals surface area contributed by atoms with Crippen molar-refractivity contribution in [1.29, 1.82) is 0 Å². The van der Waals surface area contributed by atoms with E-state index < -0.39 is 8.03 Å². The zero-order valence-corrected chi connectivity index (χ0v) is 7.52. The average Bonchev–Trinajstić information content (AvgIpc) is 1.87. The Balaban J connectivity index is 3.83. The first kappa shape index (κ1) is 9.60. The van der Waals surface area contributed by atoms with Gasteiger partial charge in [-0.3, -0.25) is 0 Å². The van der Waals surface area contributed by atoms with Gasteiger partial charge in [-0.15, -0.1) is 4.52 Å². The molecule has 0 amide bonds. The lowest BCUT2D eigenvalue weighted by molar-refractivity contribution is 0.346. The highest BCUT2D eigenvalue weighted by Crippen LogP contribution is 2.32. The number of hydrogen-bond donors (Lipinski definition) is 0. The van der Waals surface area contributed by atoms with Crippen molar-refractivity contribution in [3.63, 3.8) is 0 Å². The molecule has 0 spiro atoms. The summed E-state index contributed by atoms with van der Waals surface area (Å²) in [7, 11) is 1.87. The maximum atomic E-state index is 11.0. The zero-order valence-electron chi connectivity index (χ0n) is 6.63. The van der Waals surface area contributed by atoms with Crippen LogP contribution in [0, 0.1) is 0 Å². The van der Waals surface area contributed by atoms with E-state index >= 15 is 0 Å². The van der Waals surface area contributed by atoms with E-state index in [4.69, 9.17) is 4.52 Å². The minimum atomic E-state index is -1.70. The van der Waals surface area contributed by atoms with Crippen LogP contribution in [0.25, 0.3) is 0 Å². The van der Waals surface area contributed by atoms with Crippen LogP contribution in [0.1, 0.15) is 6.92 Å². The Morgan fingerprint density at radius 3 is 2.50 bits per heavy atom. The van der Waals surface area contributed by atoms with Gasteiger partial charge in [0.15, 0.2) is 0 Å². The molecule has 10 heavy (non-hydrogen) atoms. The SMILES string of the molecule is C=C(N(C)C)[P+](=O)OCC. The summed E-state index contributed by atoms with van der Waals surface area (Å²) in [6, 6.07) is 0. The molecule has 0 saturated heterocycles. The van der Waals surface area contributed by atoms with Gasteiger partial charge in [-0.2, -0.15) is 0 Å². The number of nitrogens with zero attached hydrogens (tertiary/aromatic N) is 1. The third kappa shape index (κ3) is 2.95. The monoisotopic (exact) mass is 162 g/mol. The normalized spacial score (nSPS) is 10.9. The molecule has 4 heteroatoms. The standard InChI is InChI=1S/C6H13NO2P/c1-5-9-10(8)6(2)7(3)4/h2,5H2,1,3-4H3/q+1. The minimum absolute atomic E-state index is 0.460. The maximum absolute atomic E-state index is 11.0. The van der Waals surface area contributed by atoms with Crippen LogP contribution < -0.4 is 0 Å². The Bertz CT molecular complexity index is 145. The van der Waals surface area contributed by atoms with E-state index in [1.165, 1.54) is 0 Å². The van der Waals surface area contributed by atoms with E-state index in [0.29, 0.717) is 12.0 Å². The molecule has 0 rings (SSSR count). The first-order valence-corrected chi connectivity index (χ1v) is 4.23. The van der Waals surface area contributed by atoms with Crippen LogP contribution in [0.15, 0.2) is 12.0 Å². The van der Waals surface area contributed by atoms with Gasteiger partial charge in [0, 0.05) is 14.1 Å². The summed E-state index contributed by atoms with van der Waals surface area (Å²) in [5.74, 6) is 0. The van der Waals surface area contributed by atoms with E-state index in [9.17, 15) is 4.57 Å². The molecule has 1 unspecified atom stereocenters. The molecule has 3 nitrogen and oxygen atoms in total. The van der Waals surface area contributed by atoms with Crippen LogP contribution >= 0.6 is 8.03 Å². The smallest absolute Gasteiger partial charge is 0.338 e. The summed E-state index contributed by atoms with van der Waals surface area (Å²) in [4.78, 5) is 1.69. The van der Waals surface area contributed by atoms with Crippen molar-refractivity contribution in [2.24, 2.45) is 0 Å². The molecular formula is C6H13NO2P+. The Hall–Kier alpha value is -0.400. The van der Waals surface area contributed by atoms with E-state index in [1.807, 2.05) is 0 Å². The van der Waals surface area contributed by atoms with Crippen molar-refractivity contribution in [1.82, 2.24) is 4.90 Å². The van der Waals surface area contributed by atoms with E-state index in [0.717, 1.165) is 0 Å². The highest BCUT2D eigenvalue weighted by atomic mass is 31.1. The zero-order chi connectivity index (χ0) is 8.15. The highest BCUT2D eigenvalue weighted by molar-refractivity contribution is 7.44. The van der Waals surface area contributed by atoms with Crippen molar-refractivity contribution in [3.05, 3.63) is 12.0 Å². The van der Waals surface area contributed by atoms with E-state index in [1.54, 1.807) is 25.9 Å². The van der Waals surface area contributed by atoms with Gasteiger partial charge in [-0.25, -0.2) is 0 Å². The Kier molecular flexibility index (Phi) is 4.24. The summed E-state index contributed by atoms with van der Waals surface area (Å²) < 4.78 is 15.8. The van der Waals surface area contributed by atoms with Gasteiger partial charge in [-0.05, 0) is 18.1 Å². The molecule has 0 aromatic rings. The van der Waals surface area contributed by atoms with Crippen LogP contribution in [0.2, 0.25) is 0 Å². The summed E-state index contributed by atoms with van der Waals surface area (Å²) in [5.41, 5.74) is 0.525. The third-order valence-electron chi connectivity index (χ3n) is 0.973. The Labute approximate surface area is 62.5 Å². The largest absolute Gasteiger partial charge is 0.566 e. The second kappa shape index (κ2) is 4.42. The summed E-state index contributed by atoms with van der Waals surface area (Å²) in [5, 5.41) is 0. The van der Waals surface area contributed by atoms with E-state index in [-0.39, 0.29) is 0 Å². The first-order valence-electron chi connectivity index (χ1n) is 3.06. The van der Waals surface area contributed by atoms with Crippen molar-refractivity contribution in [2.45, 2.75) is 6.92 Å². The molecule has 0 aliphatic heterocycles. The summed E-state index contributed by atoms with van der Waals surface area (Å²) >= 11 is 0. The van der Waals surface area contributed by atoms with Crippen molar-refractivity contribution in [3.8, 4) is 0 Å². The third-order valence-corrected chi connectivity index (χ3v) is 2.29. The molecule has 0 aliphatic carbocycles. The molecule has 0 aliphatic rings. The van der Waals surface area contributed by atoms with Crippen molar-refractivity contribution < 1.29 is 9.09 Å². The summed E-state index contributed by atoms with van der Waals surface area (Å²) in [6.45, 7) is 5.85. The Morgan fingerprint density at radius 1 is 1.70 bits per heavy atom. The van der Waals surface area contributed by atoms with Gasteiger partial charge in [0.1, 0.15) is 6.61 Å². The van der Waals surface area contributed by atoms with E-state index in [2.05, 4.69) is 6.58 Å². The molecule has 0 heterocycles. The lowest BCUT2D eigenvalue weighted by Gasteiger charge is -2.03. The number of hydrogen-bond acceptors (Lipinski definition) is 3. The molecule has 0 aromatic carbocycles. The van der Waals surface area contributed by atoms with Crippen molar-refractivity contribution >= 4 is 8.03 Å². The van der Waals surface area contributed by atoms with Gasteiger partial charge in [-0.1, -0.05) is 0 Å². The average molecular weight is 162 g/mol. The highest BCUT2D eigenvalue weighted by Gasteiger charge is 2.24. The molecule has 58 valence electrons. The molecule has 1 atom stereocenters. The minimum Gasteiger partial charge on any atom is -0.338 e. The quantitative estimate of drug-likeness (QED) is 0.590. The van der Waals surface area contributed by atoms with Crippen LogP contribution in [0.5, 0.6) is 0 Å². The molecule has 0 aromatic heterocycles. The van der Waals surface area contributed by atoms with Crippen molar-refractivity contribution in [2.75, 3.05) is 20.7 Å². The molecule has 0 saturated carbocycles. The lowest BCUT2D eigenvalue weighted by atomic mass is 10.8. The lowest BCUT2D eigenvalue weighted by Crippen LogP contribution is -2.07. The predicted octanol–water partition coefficient (Wildman–Crippen LogP) is 1.80. The second-order valence-corrected chi connectivity index (χ2v) is 3.27.